The molecule has 1 rings (SSSR count). The number of ketones is 1. The van der Waals surface area contributed by atoms with Crippen LogP contribution in [0.2, 0.25) is 0 Å². The van der Waals surface area contributed by atoms with Gasteiger partial charge >= 0.3 is 6.03 Å². The molecule has 0 saturated carbocycles. The summed E-state index contributed by atoms with van der Waals surface area (Å²) in [6.45, 7) is 7.40. The third-order valence-corrected chi connectivity index (χ3v) is 4.58. The van der Waals surface area contributed by atoms with Crippen LogP contribution in [0.5, 0.6) is 0 Å². The van der Waals surface area contributed by atoms with E-state index < -0.39 is 12.1 Å². The molecule has 7 heteroatoms. The van der Waals surface area contributed by atoms with Crippen LogP contribution in [-0.4, -0.2) is 57.9 Å². The van der Waals surface area contributed by atoms with Gasteiger partial charge in [0.15, 0.2) is 5.78 Å². The quantitative estimate of drug-likeness (QED) is 0.868. The number of carbonyl (C=O) groups is 2. The molecule has 2 amide bonds. The van der Waals surface area contributed by atoms with Gasteiger partial charge in [0.25, 0.3) is 0 Å². The largest absolute Gasteiger partial charge is 0.391 e. The molecule has 2 unspecified atom stereocenters. The van der Waals surface area contributed by atoms with Crippen molar-refractivity contribution in [3.8, 4) is 0 Å². The fourth-order valence-corrected chi connectivity index (χ4v) is 3.12. The SMILES string of the molecule is CC(=O)C(C(C)O)N(C)C(=O)N(C)Cc1csc(C(C)C)n1. The van der Waals surface area contributed by atoms with Crippen LogP contribution in [0.25, 0.3) is 0 Å². The Kier molecular flexibility index (Phi) is 6.49. The second kappa shape index (κ2) is 7.69. The van der Waals surface area contributed by atoms with E-state index in [0.29, 0.717) is 12.5 Å². The topological polar surface area (TPSA) is 73.7 Å². The van der Waals surface area contributed by atoms with Crippen molar-refractivity contribution >= 4 is 23.2 Å². The van der Waals surface area contributed by atoms with Crippen molar-refractivity contribution in [2.75, 3.05) is 14.1 Å². The molecule has 0 aliphatic heterocycles. The van der Waals surface area contributed by atoms with Crippen molar-refractivity contribution in [2.24, 2.45) is 0 Å². The Morgan fingerprint density at radius 3 is 2.32 bits per heavy atom. The Balaban J connectivity index is 2.76. The first-order valence-corrected chi connectivity index (χ1v) is 8.13. The first kappa shape index (κ1) is 18.6. The van der Waals surface area contributed by atoms with Crippen LogP contribution in [-0.2, 0) is 11.3 Å². The van der Waals surface area contributed by atoms with Gasteiger partial charge in [-0.05, 0) is 13.8 Å². The highest BCUT2D eigenvalue weighted by molar-refractivity contribution is 7.09. The fourth-order valence-electron chi connectivity index (χ4n) is 2.30. The summed E-state index contributed by atoms with van der Waals surface area (Å²) in [4.78, 5) is 31.3. The molecule has 1 aromatic rings. The number of thiazole rings is 1. The number of likely N-dealkylation sites (N-methyl/N-ethyl adjacent to an activating group) is 1. The zero-order chi connectivity index (χ0) is 17.0. The van der Waals surface area contributed by atoms with Crippen molar-refractivity contribution in [1.82, 2.24) is 14.8 Å². The van der Waals surface area contributed by atoms with Crippen LogP contribution >= 0.6 is 11.3 Å². The van der Waals surface area contributed by atoms with Gasteiger partial charge < -0.3 is 14.9 Å². The number of amides is 2. The summed E-state index contributed by atoms with van der Waals surface area (Å²) in [7, 11) is 3.19. The number of urea groups is 1. The second-order valence-corrected chi connectivity index (χ2v) is 6.77. The lowest BCUT2D eigenvalue weighted by molar-refractivity contribution is -0.124. The molecule has 0 aromatic carbocycles. The van der Waals surface area contributed by atoms with Crippen LogP contribution < -0.4 is 0 Å². The summed E-state index contributed by atoms with van der Waals surface area (Å²) >= 11 is 1.58. The molecule has 0 aliphatic carbocycles. The molecule has 0 aliphatic rings. The van der Waals surface area contributed by atoms with Crippen molar-refractivity contribution in [1.29, 1.82) is 0 Å². The molecule has 22 heavy (non-hydrogen) atoms. The van der Waals surface area contributed by atoms with Gasteiger partial charge in [-0.2, -0.15) is 0 Å². The molecule has 2 atom stereocenters. The van der Waals surface area contributed by atoms with Crippen molar-refractivity contribution in [3.05, 3.63) is 16.1 Å². The van der Waals surface area contributed by atoms with Gasteiger partial charge in [-0.3, -0.25) is 4.79 Å². The van der Waals surface area contributed by atoms with Crippen LogP contribution in [0.1, 0.15) is 44.3 Å². The molecule has 0 bridgehead atoms. The number of aliphatic hydroxyl groups excluding tert-OH is 1. The number of aromatic nitrogens is 1. The summed E-state index contributed by atoms with van der Waals surface area (Å²) in [6.07, 6.45) is -0.910. The first-order chi connectivity index (χ1) is 10.1. The lowest BCUT2D eigenvalue weighted by atomic mass is 10.1. The zero-order valence-electron chi connectivity index (χ0n) is 14.0. The van der Waals surface area contributed by atoms with E-state index in [2.05, 4.69) is 18.8 Å². The van der Waals surface area contributed by atoms with Crippen molar-refractivity contribution in [3.63, 3.8) is 0 Å². The Morgan fingerprint density at radius 1 is 1.32 bits per heavy atom. The minimum absolute atomic E-state index is 0.241. The van der Waals surface area contributed by atoms with E-state index in [0.717, 1.165) is 10.7 Å². The average Bonchev–Trinajstić information content (AvgIpc) is 2.85. The molecule has 1 N–H and O–H groups in total. The third-order valence-electron chi connectivity index (χ3n) is 3.38. The normalized spacial score (nSPS) is 13.8. The Hall–Kier alpha value is -1.47. The minimum Gasteiger partial charge on any atom is -0.391 e. The molecule has 0 saturated heterocycles. The number of Topliss-reactive ketones (excluding diaryl/α,β-unsaturated/α-hetero) is 1. The lowest BCUT2D eigenvalue weighted by Crippen LogP contribution is -2.51. The second-order valence-electron chi connectivity index (χ2n) is 5.88. The van der Waals surface area contributed by atoms with E-state index >= 15 is 0 Å². The van der Waals surface area contributed by atoms with Crippen LogP contribution in [0, 0.1) is 0 Å². The fraction of sp³-hybridized carbons (Fsp3) is 0.667. The Bertz CT molecular complexity index is 528. The molecular formula is C15H25N3O3S. The van der Waals surface area contributed by atoms with E-state index in [9.17, 15) is 14.7 Å². The van der Waals surface area contributed by atoms with Gasteiger partial charge in [-0.1, -0.05) is 13.8 Å². The summed E-state index contributed by atoms with van der Waals surface area (Å²) < 4.78 is 0. The number of aliphatic hydroxyl groups is 1. The van der Waals surface area contributed by atoms with Crippen LogP contribution in [0.3, 0.4) is 0 Å². The predicted molar refractivity (Wildman–Crippen MR) is 87.0 cm³/mol. The van der Waals surface area contributed by atoms with E-state index in [1.165, 1.54) is 30.7 Å². The number of hydrogen-bond acceptors (Lipinski definition) is 5. The summed E-state index contributed by atoms with van der Waals surface area (Å²) in [5, 5.41) is 12.7. The van der Waals surface area contributed by atoms with Gasteiger partial charge in [0.1, 0.15) is 6.04 Å². The summed E-state index contributed by atoms with van der Waals surface area (Å²) in [6, 6.07) is -1.16. The number of carbonyl (C=O) groups excluding carboxylic acids is 2. The Labute approximate surface area is 135 Å². The zero-order valence-corrected chi connectivity index (χ0v) is 14.8. The molecule has 1 heterocycles. The summed E-state index contributed by atoms with van der Waals surface area (Å²) in [5.74, 6) is 0.120. The lowest BCUT2D eigenvalue weighted by Gasteiger charge is -2.31. The van der Waals surface area contributed by atoms with E-state index in [4.69, 9.17) is 0 Å². The van der Waals surface area contributed by atoms with Gasteiger partial charge in [0.05, 0.1) is 23.4 Å². The smallest absolute Gasteiger partial charge is 0.320 e. The van der Waals surface area contributed by atoms with Crippen LogP contribution in [0.4, 0.5) is 4.79 Å². The van der Waals surface area contributed by atoms with Gasteiger partial charge in [-0.15, -0.1) is 11.3 Å². The average molecular weight is 327 g/mol. The van der Waals surface area contributed by atoms with Gasteiger partial charge in [0, 0.05) is 25.4 Å². The minimum atomic E-state index is -0.910. The summed E-state index contributed by atoms with van der Waals surface area (Å²) in [5.41, 5.74) is 0.828. The predicted octanol–water partition coefficient (Wildman–Crippen LogP) is 2.09. The third kappa shape index (κ3) is 4.51. The maximum absolute atomic E-state index is 12.4. The first-order valence-electron chi connectivity index (χ1n) is 7.25. The molecular weight excluding hydrogens is 302 g/mol. The number of nitrogens with zero attached hydrogens (tertiary/aromatic N) is 3. The Morgan fingerprint density at radius 2 is 1.91 bits per heavy atom. The van der Waals surface area contributed by atoms with Crippen molar-refractivity contribution in [2.45, 2.75) is 52.3 Å². The molecule has 6 nitrogen and oxygen atoms in total. The number of rotatable bonds is 6. The highest BCUT2D eigenvalue weighted by atomic mass is 32.1. The maximum Gasteiger partial charge on any atom is 0.320 e. The van der Waals surface area contributed by atoms with E-state index in [1.54, 1.807) is 18.4 Å². The van der Waals surface area contributed by atoms with E-state index in [-0.39, 0.29) is 11.8 Å². The van der Waals surface area contributed by atoms with E-state index in [1.807, 2.05) is 5.38 Å². The highest BCUT2D eigenvalue weighted by Gasteiger charge is 2.30. The molecule has 124 valence electrons. The number of hydrogen-bond donors (Lipinski definition) is 1. The molecule has 1 aromatic heterocycles. The molecule has 0 spiro atoms. The van der Waals surface area contributed by atoms with Gasteiger partial charge in [-0.25, -0.2) is 9.78 Å². The monoisotopic (exact) mass is 327 g/mol. The molecule has 0 radical (unpaired) electrons. The van der Waals surface area contributed by atoms with Crippen molar-refractivity contribution < 1.29 is 14.7 Å². The van der Waals surface area contributed by atoms with Crippen LogP contribution in [0.15, 0.2) is 5.38 Å². The highest BCUT2D eigenvalue weighted by Crippen LogP contribution is 2.20. The standard InChI is InChI=1S/C15H25N3O3S/c1-9(2)14-16-12(8-22-14)7-17(5)15(21)18(6)13(10(3)19)11(4)20/h8-10,13,19H,7H2,1-6H3. The molecule has 0 fully saturated rings. The van der Waals surface area contributed by atoms with Gasteiger partial charge in [0.2, 0.25) is 0 Å². The maximum atomic E-state index is 12.4.